The van der Waals surface area contributed by atoms with Gasteiger partial charge in [-0.25, -0.2) is 0 Å². The lowest BCUT2D eigenvalue weighted by Gasteiger charge is -2.52. The molecule has 0 amide bonds. The molecule has 3 fully saturated rings. The normalized spacial score (nSPS) is 42.3. The first-order valence-electron chi connectivity index (χ1n) is 6.77. The molecule has 3 aliphatic rings. The van der Waals surface area contributed by atoms with E-state index in [1.165, 1.54) is 19.3 Å². The number of carboxylic acid groups (broad SMARTS) is 1. The predicted molar refractivity (Wildman–Crippen MR) is 65.4 cm³/mol. The molecule has 0 saturated heterocycles. The number of hydrogen-bond donors (Lipinski definition) is 2. The summed E-state index contributed by atoms with van der Waals surface area (Å²) in [7, 11) is 0. The van der Waals surface area contributed by atoms with Crippen molar-refractivity contribution < 1.29 is 9.90 Å². The van der Waals surface area contributed by atoms with Crippen molar-refractivity contribution in [3.8, 4) is 0 Å². The highest BCUT2D eigenvalue weighted by atomic mass is 16.4. The molecule has 0 unspecified atom stereocenters. The van der Waals surface area contributed by atoms with E-state index in [9.17, 15) is 4.79 Å². The lowest BCUT2D eigenvalue weighted by atomic mass is 9.53. The minimum Gasteiger partial charge on any atom is -0.481 e. The molecule has 0 aromatic heterocycles. The van der Waals surface area contributed by atoms with E-state index in [1.54, 1.807) is 5.57 Å². The van der Waals surface area contributed by atoms with E-state index in [-0.39, 0.29) is 11.8 Å². The molecule has 3 nitrogen and oxygen atoms in total. The Balaban J connectivity index is 1.72. The first kappa shape index (κ1) is 11.3. The number of carbonyl (C=O) groups is 1. The Morgan fingerprint density at radius 1 is 1.47 bits per heavy atom. The lowest BCUT2D eigenvalue weighted by Crippen LogP contribution is -2.51. The molecule has 94 valence electrons. The smallest absolute Gasteiger partial charge is 0.303 e. The van der Waals surface area contributed by atoms with Gasteiger partial charge in [0.2, 0.25) is 0 Å². The maximum absolute atomic E-state index is 11.0. The minimum absolute atomic E-state index is 0.0877. The molecule has 3 heteroatoms. The van der Waals surface area contributed by atoms with Crippen LogP contribution in [-0.4, -0.2) is 17.6 Å². The van der Waals surface area contributed by atoms with Crippen LogP contribution in [0.4, 0.5) is 0 Å². The lowest BCUT2D eigenvalue weighted by molar-refractivity contribution is -0.144. The molecular formula is C14H21NO2. The maximum atomic E-state index is 11.0. The van der Waals surface area contributed by atoms with Crippen LogP contribution in [0.2, 0.25) is 0 Å². The quantitative estimate of drug-likeness (QED) is 0.734. The van der Waals surface area contributed by atoms with Crippen LogP contribution in [0.5, 0.6) is 0 Å². The van der Waals surface area contributed by atoms with Crippen LogP contribution >= 0.6 is 0 Å². The van der Waals surface area contributed by atoms with E-state index in [2.05, 4.69) is 6.08 Å². The molecule has 0 radical (unpaired) electrons. The van der Waals surface area contributed by atoms with Gasteiger partial charge in [0.25, 0.3) is 0 Å². The number of aliphatic carboxylic acids is 1. The number of nitrogens with two attached hydrogens (primary N) is 1. The topological polar surface area (TPSA) is 63.3 Å². The summed E-state index contributed by atoms with van der Waals surface area (Å²) in [5.74, 6) is 1.37. The van der Waals surface area contributed by atoms with Crippen LogP contribution in [-0.2, 0) is 4.79 Å². The first-order valence-corrected chi connectivity index (χ1v) is 6.77. The van der Waals surface area contributed by atoms with Gasteiger partial charge in [0.1, 0.15) is 0 Å². The molecule has 3 atom stereocenters. The molecule has 0 spiro atoms. The maximum Gasteiger partial charge on any atom is 0.303 e. The third-order valence-electron chi connectivity index (χ3n) is 5.10. The van der Waals surface area contributed by atoms with Crippen molar-refractivity contribution in [3.63, 3.8) is 0 Å². The largest absolute Gasteiger partial charge is 0.481 e. The molecule has 3 N–H and O–H groups in total. The molecule has 0 aliphatic heterocycles. The zero-order chi connectivity index (χ0) is 12.0. The summed E-state index contributed by atoms with van der Waals surface area (Å²) in [6.45, 7) is 0.539. The molecule has 3 rings (SSSR count). The number of rotatable bonds is 4. The second-order valence-corrected chi connectivity index (χ2v) is 6.17. The van der Waals surface area contributed by atoms with Gasteiger partial charge < -0.3 is 10.8 Å². The van der Waals surface area contributed by atoms with E-state index in [0.717, 1.165) is 18.8 Å². The Bertz CT molecular complexity index is 372. The van der Waals surface area contributed by atoms with E-state index in [4.69, 9.17) is 10.8 Å². The van der Waals surface area contributed by atoms with E-state index >= 15 is 0 Å². The Morgan fingerprint density at radius 2 is 2.24 bits per heavy atom. The highest BCUT2D eigenvalue weighted by Gasteiger charge is 2.57. The van der Waals surface area contributed by atoms with E-state index < -0.39 is 5.97 Å². The zero-order valence-electron chi connectivity index (χ0n) is 10.2. The summed E-state index contributed by atoms with van der Waals surface area (Å²) in [4.78, 5) is 11.0. The number of carboxylic acids is 1. The molecule has 3 saturated carbocycles. The predicted octanol–water partition coefficient (Wildman–Crippen LogP) is 2.17. The average Bonchev–Trinajstić information content (AvgIpc) is 2.99. The van der Waals surface area contributed by atoms with Crippen LogP contribution in [0.1, 0.15) is 38.5 Å². The van der Waals surface area contributed by atoms with Gasteiger partial charge >= 0.3 is 5.97 Å². The Morgan fingerprint density at radius 3 is 2.82 bits per heavy atom. The summed E-state index contributed by atoms with van der Waals surface area (Å²) in [6.07, 6.45) is 8.82. The zero-order valence-corrected chi connectivity index (χ0v) is 10.2. The van der Waals surface area contributed by atoms with Crippen molar-refractivity contribution in [2.45, 2.75) is 38.5 Å². The Hall–Kier alpha value is -0.830. The van der Waals surface area contributed by atoms with Crippen LogP contribution in [0.3, 0.4) is 0 Å². The van der Waals surface area contributed by atoms with Gasteiger partial charge in [-0.15, -0.1) is 0 Å². The van der Waals surface area contributed by atoms with E-state index in [0.29, 0.717) is 18.4 Å². The van der Waals surface area contributed by atoms with Crippen molar-refractivity contribution in [1.82, 2.24) is 0 Å². The van der Waals surface area contributed by atoms with Crippen molar-refractivity contribution >= 4 is 5.97 Å². The molecule has 0 bridgehead atoms. The van der Waals surface area contributed by atoms with Crippen molar-refractivity contribution in [1.29, 1.82) is 0 Å². The van der Waals surface area contributed by atoms with Gasteiger partial charge in [0.15, 0.2) is 0 Å². The van der Waals surface area contributed by atoms with Crippen LogP contribution < -0.4 is 5.73 Å². The summed E-state index contributed by atoms with van der Waals surface area (Å²) < 4.78 is 0. The number of allylic oxidation sites excluding steroid dienone is 2. The molecule has 0 aromatic rings. The highest BCUT2D eigenvalue weighted by Crippen LogP contribution is 2.62. The fourth-order valence-electron chi connectivity index (χ4n) is 3.99. The number of hydrogen-bond acceptors (Lipinski definition) is 2. The third kappa shape index (κ3) is 1.81. The molecular weight excluding hydrogens is 214 g/mol. The summed E-state index contributed by atoms with van der Waals surface area (Å²) >= 11 is 0. The van der Waals surface area contributed by atoms with Crippen molar-refractivity contribution in [2.75, 3.05) is 6.54 Å². The van der Waals surface area contributed by atoms with Gasteiger partial charge in [0, 0.05) is 0 Å². The summed E-state index contributed by atoms with van der Waals surface area (Å²) in [5, 5.41) is 9.02. The van der Waals surface area contributed by atoms with Gasteiger partial charge in [-0.1, -0.05) is 11.6 Å². The van der Waals surface area contributed by atoms with Gasteiger partial charge in [0.05, 0.1) is 6.42 Å². The molecule has 3 aliphatic carbocycles. The second kappa shape index (κ2) is 3.84. The molecule has 17 heavy (non-hydrogen) atoms. The SMILES string of the molecule is NC[C@@]1(CC(=O)O)C[C@@H]2C(=CC3CC3)CC[C@@H]21. The fourth-order valence-corrected chi connectivity index (χ4v) is 3.99. The molecule has 0 aromatic carbocycles. The second-order valence-electron chi connectivity index (χ2n) is 6.17. The van der Waals surface area contributed by atoms with Crippen LogP contribution in [0, 0.1) is 23.2 Å². The standard InChI is InChI=1S/C14H21NO2/c15-8-14(7-13(16)17)6-11-10(3-4-12(11)14)5-9-1-2-9/h5,9,11-12H,1-4,6-8,15H2,(H,16,17)/t11-,12+,14+/m1/s1. The summed E-state index contributed by atoms with van der Waals surface area (Å²) in [5.41, 5.74) is 7.38. The highest BCUT2D eigenvalue weighted by molar-refractivity contribution is 5.68. The Kier molecular flexibility index (Phi) is 2.54. The van der Waals surface area contributed by atoms with Gasteiger partial charge in [-0.3, -0.25) is 4.79 Å². The van der Waals surface area contributed by atoms with Crippen molar-refractivity contribution in [3.05, 3.63) is 11.6 Å². The fraction of sp³-hybridized carbons (Fsp3) is 0.786. The monoisotopic (exact) mass is 235 g/mol. The van der Waals surface area contributed by atoms with E-state index in [1.807, 2.05) is 0 Å². The number of fused-ring (bicyclic) bond motifs is 1. The van der Waals surface area contributed by atoms with Gasteiger partial charge in [-0.05, 0) is 61.8 Å². The average molecular weight is 235 g/mol. The van der Waals surface area contributed by atoms with Gasteiger partial charge in [-0.2, -0.15) is 0 Å². The summed E-state index contributed by atoms with van der Waals surface area (Å²) in [6, 6.07) is 0. The third-order valence-corrected chi connectivity index (χ3v) is 5.10. The van der Waals surface area contributed by atoms with Crippen LogP contribution in [0.15, 0.2) is 11.6 Å². The first-order chi connectivity index (χ1) is 8.14. The molecule has 0 heterocycles. The Labute approximate surface area is 102 Å². The van der Waals surface area contributed by atoms with Crippen molar-refractivity contribution in [2.24, 2.45) is 28.9 Å². The van der Waals surface area contributed by atoms with Crippen LogP contribution in [0.25, 0.3) is 0 Å². The minimum atomic E-state index is -0.687.